The second-order valence-electron chi connectivity index (χ2n) is 6.11. The molecule has 1 aliphatic heterocycles. The Balaban J connectivity index is 2.04. The lowest BCUT2D eigenvalue weighted by Gasteiger charge is -2.38. The van der Waals surface area contributed by atoms with E-state index in [1.165, 1.54) is 12.1 Å². The summed E-state index contributed by atoms with van der Waals surface area (Å²) in [5, 5.41) is 5.43. The minimum absolute atomic E-state index is 0.141. The van der Waals surface area contributed by atoms with Crippen molar-refractivity contribution in [3.05, 3.63) is 42.2 Å². The Morgan fingerprint density at radius 3 is 2.91 bits per heavy atom. The second kappa shape index (κ2) is 6.81. The van der Waals surface area contributed by atoms with Crippen molar-refractivity contribution in [3.8, 4) is 5.75 Å². The summed E-state index contributed by atoms with van der Waals surface area (Å²) >= 11 is 0. The highest BCUT2D eigenvalue weighted by atomic mass is 19.1. The molecule has 0 aliphatic carbocycles. The molecule has 1 unspecified atom stereocenters. The molecule has 23 heavy (non-hydrogen) atoms. The number of hydrogen-bond donors (Lipinski definition) is 2. The third-order valence-electron chi connectivity index (χ3n) is 3.60. The van der Waals surface area contributed by atoms with Gasteiger partial charge in [-0.2, -0.15) is 0 Å². The van der Waals surface area contributed by atoms with E-state index in [-0.39, 0.29) is 36.6 Å². The molecule has 1 aromatic rings. The lowest BCUT2D eigenvalue weighted by molar-refractivity contribution is -0.122. The Bertz CT molecular complexity index is 628. The van der Waals surface area contributed by atoms with Gasteiger partial charge >= 0.3 is 0 Å². The normalized spacial score (nSPS) is 18.3. The van der Waals surface area contributed by atoms with E-state index in [9.17, 15) is 14.0 Å². The van der Waals surface area contributed by atoms with Crippen LogP contribution in [-0.4, -0.2) is 24.0 Å². The Morgan fingerprint density at radius 2 is 2.22 bits per heavy atom. The van der Waals surface area contributed by atoms with Crippen LogP contribution >= 0.6 is 0 Å². The van der Waals surface area contributed by atoms with Crippen molar-refractivity contribution in [2.45, 2.75) is 38.3 Å². The number of benzene rings is 1. The number of halogens is 1. The monoisotopic (exact) mass is 320 g/mol. The molecule has 0 spiro atoms. The number of ether oxygens (including phenoxy) is 1. The van der Waals surface area contributed by atoms with E-state index in [0.29, 0.717) is 17.7 Å². The summed E-state index contributed by atoms with van der Waals surface area (Å²) in [6, 6.07) is 3.97. The zero-order chi connectivity index (χ0) is 17.0. The van der Waals surface area contributed by atoms with E-state index >= 15 is 0 Å². The summed E-state index contributed by atoms with van der Waals surface area (Å²) in [5.41, 5.74) is 0.174. The van der Waals surface area contributed by atoms with Gasteiger partial charge in [0.05, 0.1) is 6.04 Å². The highest BCUT2D eigenvalue weighted by Gasteiger charge is 2.34. The van der Waals surface area contributed by atoms with Gasteiger partial charge in [0.15, 0.2) is 0 Å². The van der Waals surface area contributed by atoms with E-state index in [0.717, 1.165) is 6.08 Å². The number of carbonyl (C=O) groups is 2. The summed E-state index contributed by atoms with van der Waals surface area (Å²) < 4.78 is 19.3. The van der Waals surface area contributed by atoms with Crippen molar-refractivity contribution in [2.75, 3.05) is 6.54 Å². The molecule has 1 aliphatic rings. The standard InChI is InChI=1S/C17H21FN2O3/c1-4-15(21)19-8-7-16(22)20-13-10-17(2,3)23-14-6-5-11(18)9-12(13)14/h4-6,9,13H,1,7-8,10H2,2-3H3,(H,19,21)(H,20,22). The molecule has 1 heterocycles. The SMILES string of the molecule is C=CC(=O)NCCC(=O)NC1CC(C)(C)Oc2ccc(F)cc21. The number of nitrogens with one attached hydrogen (secondary N) is 2. The molecule has 1 atom stereocenters. The maximum Gasteiger partial charge on any atom is 0.243 e. The van der Waals surface area contributed by atoms with Crippen molar-refractivity contribution in [2.24, 2.45) is 0 Å². The molecular formula is C17H21FN2O3. The number of rotatable bonds is 5. The van der Waals surface area contributed by atoms with Crippen molar-refractivity contribution in [1.82, 2.24) is 10.6 Å². The predicted molar refractivity (Wildman–Crippen MR) is 84.4 cm³/mol. The van der Waals surface area contributed by atoms with Crippen LogP contribution < -0.4 is 15.4 Å². The fourth-order valence-electron chi connectivity index (χ4n) is 2.59. The highest BCUT2D eigenvalue weighted by Crippen LogP contribution is 2.39. The van der Waals surface area contributed by atoms with Crippen LogP contribution in [0, 0.1) is 5.82 Å². The first kappa shape index (κ1) is 17.0. The van der Waals surface area contributed by atoms with Crippen LogP contribution in [0.2, 0.25) is 0 Å². The maximum absolute atomic E-state index is 13.5. The smallest absolute Gasteiger partial charge is 0.243 e. The fourth-order valence-corrected chi connectivity index (χ4v) is 2.59. The van der Waals surface area contributed by atoms with Gasteiger partial charge in [0.25, 0.3) is 0 Å². The van der Waals surface area contributed by atoms with Gasteiger partial charge in [-0.3, -0.25) is 9.59 Å². The van der Waals surface area contributed by atoms with Gasteiger partial charge in [0.1, 0.15) is 17.2 Å². The Hall–Kier alpha value is -2.37. The average Bonchev–Trinajstić information content (AvgIpc) is 2.47. The molecule has 6 heteroatoms. The summed E-state index contributed by atoms with van der Waals surface area (Å²) in [6.07, 6.45) is 1.83. The molecule has 0 radical (unpaired) electrons. The molecule has 0 bridgehead atoms. The lowest BCUT2D eigenvalue weighted by Crippen LogP contribution is -2.42. The predicted octanol–water partition coefficient (Wildman–Crippen LogP) is 2.24. The quantitative estimate of drug-likeness (QED) is 0.818. The number of fused-ring (bicyclic) bond motifs is 1. The minimum atomic E-state index is -0.458. The average molecular weight is 320 g/mol. The first-order valence-electron chi connectivity index (χ1n) is 7.49. The second-order valence-corrected chi connectivity index (χ2v) is 6.11. The van der Waals surface area contributed by atoms with Gasteiger partial charge in [-0.15, -0.1) is 0 Å². The van der Waals surface area contributed by atoms with Crippen LogP contribution in [0.5, 0.6) is 5.75 Å². The summed E-state index contributed by atoms with van der Waals surface area (Å²) in [4.78, 5) is 23.1. The van der Waals surface area contributed by atoms with E-state index in [1.807, 2.05) is 13.8 Å². The maximum atomic E-state index is 13.5. The van der Waals surface area contributed by atoms with Crippen LogP contribution in [0.3, 0.4) is 0 Å². The van der Waals surface area contributed by atoms with Crippen molar-refractivity contribution < 1.29 is 18.7 Å². The number of hydrogen-bond acceptors (Lipinski definition) is 3. The van der Waals surface area contributed by atoms with Gasteiger partial charge < -0.3 is 15.4 Å². The van der Waals surface area contributed by atoms with Crippen LogP contribution in [-0.2, 0) is 9.59 Å². The topological polar surface area (TPSA) is 67.4 Å². The molecule has 2 amide bonds. The molecule has 0 aromatic heterocycles. The van der Waals surface area contributed by atoms with Gasteiger partial charge in [0.2, 0.25) is 11.8 Å². The van der Waals surface area contributed by atoms with Crippen LogP contribution in [0.25, 0.3) is 0 Å². The molecule has 0 fully saturated rings. The van der Waals surface area contributed by atoms with Gasteiger partial charge in [0, 0.05) is 24.9 Å². The van der Waals surface area contributed by atoms with Crippen molar-refractivity contribution in [1.29, 1.82) is 0 Å². The zero-order valence-electron chi connectivity index (χ0n) is 13.3. The zero-order valence-corrected chi connectivity index (χ0v) is 13.3. The van der Waals surface area contributed by atoms with Crippen molar-refractivity contribution in [3.63, 3.8) is 0 Å². The lowest BCUT2D eigenvalue weighted by atomic mass is 9.89. The molecular weight excluding hydrogens is 299 g/mol. The van der Waals surface area contributed by atoms with E-state index in [1.54, 1.807) is 6.07 Å². The van der Waals surface area contributed by atoms with Crippen LogP contribution in [0.15, 0.2) is 30.9 Å². The third kappa shape index (κ3) is 4.55. The third-order valence-corrected chi connectivity index (χ3v) is 3.60. The summed E-state index contributed by atoms with van der Waals surface area (Å²) in [7, 11) is 0. The van der Waals surface area contributed by atoms with Crippen LogP contribution in [0.1, 0.15) is 38.3 Å². The molecule has 0 saturated heterocycles. The first-order valence-corrected chi connectivity index (χ1v) is 7.49. The highest BCUT2D eigenvalue weighted by molar-refractivity contribution is 5.87. The molecule has 0 saturated carbocycles. The van der Waals surface area contributed by atoms with Gasteiger partial charge in [-0.1, -0.05) is 6.58 Å². The largest absolute Gasteiger partial charge is 0.487 e. The molecule has 5 nitrogen and oxygen atoms in total. The fraction of sp³-hybridized carbons (Fsp3) is 0.412. The molecule has 1 aromatic carbocycles. The first-order chi connectivity index (χ1) is 10.8. The summed E-state index contributed by atoms with van der Waals surface area (Å²) in [6.45, 7) is 7.40. The summed E-state index contributed by atoms with van der Waals surface area (Å²) in [5.74, 6) is -0.331. The van der Waals surface area contributed by atoms with Gasteiger partial charge in [-0.05, 0) is 38.1 Å². The number of amides is 2. The minimum Gasteiger partial charge on any atom is -0.487 e. The van der Waals surface area contributed by atoms with Gasteiger partial charge in [-0.25, -0.2) is 4.39 Å². The Labute approximate surface area is 134 Å². The van der Waals surface area contributed by atoms with E-state index in [4.69, 9.17) is 4.74 Å². The Kier molecular flexibility index (Phi) is 5.03. The molecule has 2 N–H and O–H groups in total. The van der Waals surface area contributed by atoms with Crippen LogP contribution in [0.4, 0.5) is 4.39 Å². The number of carbonyl (C=O) groups excluding carboxylic acids is 2. The van der Waals surface area contributed by atoms with E-state index < -0.39 is 5.60 Å². The molecule has 124 valence electrons. The van der Waals surface area contributed by atoms with Crippen molar-refractivity contribution >= 4 is 11.8 Å². The van der Waals surface area contributed by atoms with E-state index in [2.05, 4.69) is 17.2 Å². The Morgan fingerprint density at radius 1 is 1.48 bits per heavy atom. The molecule has 2 rings (SSSR count).